The Morgan fingerprint density at radius 3 is 2.30 bits per heavy atom. The molecule has 0 aliphatic carbocycles. The lowest BCUT2D eigenvalue weighted by atomic mass is 9.79. The lowest BCUT2D eigenvalue weighted by Crippen LogP contribution is -2.53. The van der Waals surface area contributed by atoms with E-state index < -0.39 is 5.41 Å². The molecule has 1 heterocycles. The van der Waals surface area contributed by atoms with Crippen molar-refractivity contribution in [2.75, 3.05) is 19.7 Å². The number of amidine groups is 1. The summed E-state index contributed by atoms with van der Waals surface area (Å²) in [6, 6.07) is 0. The Labute approximate surface area is 120 Å². The first-order chi connectivity index (χ1) is 9.55. The van der Waals surface area contributed by atoms with Crippen LogP contribution >= 0.6 is 0 Å². The molecule has 6 nitrogen and oxygen atoms in total. The van der Waals surface area contributed by atoms with Crippen LogP contribution in [0.3, 0.4) is 0 Å². The van der Waals surface area contributed by atoms with Crippen molar-refractivity contribution in [3.8, 4) is 0 Å². The maximum Gasteiger partial charge on any atom is 0.236 e. The second-order valence-electron chi connectivity index (χ2n) is 5.22. The Hall–Kier alpha value is -1.30. The number of hydrogen-bond acceptors (Lipinski definition) is 4. The third kappa shape index (κ3) is 3.23. The van der Waals surface area contributed by atoms with E-state index in [0.717, 1.165) is 12.8 Å². The minimum Gasteiger partial charge on any atom is -0.409 e. The maximum absolute atomic E-state index is 12.8. The van der Waals surface area contributed by atoms with Gasteiger partial charge in [-0.3, -0.25) is 4.79 Å². The molecule has 0 aromatic carbocycles. The largest absolute Gasteiger partial charge is 0.409 e. The second kappa shape index (κ2) is 7.47. The summed E-state index contributed by atoms with van der Waals surface area (Å²) in [6.45, 7) is 7.82. The van der Waals surface area contributed by atoms with Crippen LogP contribution in [0.5, 0.6) is 0 Å². The Kier molecular flexibility index (Phi) is 6.26. The number of nitrogens with two attached hydrogens (primary N) is 1. The summed E-state index contributed by atoms with van der Waals surface area (Å²) >= 11 is 0. The van der Waals surface area contributed by atoms with E-state index in [0.29, 0.717) is 32.5 Å². The zero-order valence-corrected chi connectivity index (χ0v) is 12.8. The predicted octanol–water partition coefficient (Wildman–Crippen LogP) is 1.57. The number of ether oxygens (including phenoxy) is 1. The molecule has 1 aliphatic rings. The Morgan fingerprint density at radius 1 is 1.35 bits per heavy atom. The molecule has 20 heavy (non-hydrogen) atoms. The number of rotatable bonds is 6. The smallest absolute Gasteiger partial charge is 0.236 e. The molecule has 0 aromatic heterocycles. The SMILES string of the molecule is CCOC1CCN(C(=O)C(CC)(CC)C(N)=NO)CC1. The van der Waals surface area contributed by atoms with Crippen molar-refractivity contribution >= 4 is 11.7 Å². The van der Waals surface area contributed by atoms with Gasteiger partial charge in [0.1, 0.15) is 5.41 Å². The van der Waals surface area contributed by atoms with Gasteiger partial charge in [0.05, 0.1) is 6.10 Å². The highest BCUT2D eigenvalue weighted by Crippen LogP contribution is 2.31. The molecule has 1 aliphatic heterocycles. The predicted molar refractivity (Wildman–Crippen MR) is 77.7 cm³/mol. The van der Waals surface area contributed by atoms with E-state index in [2.05, 4.69) is 5.16 Å². The van der Waals surface area contributed by atoms with Crippen LogP contribution in [0.25, 0.3) is 0 Å². The highest BCUT2D eigenvalue weighted by molar-refractivity contribution is 6.06. The normalized spacial score (nSPS) is 18.4. The minimum absolute atomic E-state index is 0.0134. The lowest BCUT2D eigenvalue weighted by Gasteiger charge is -2.38. The van der Waals surface area contributed by atoms with Crippen molar-refractivity contribution in [1.29, 1.82) is 0 Å². The molecule has 0 unspecified atom stereocenters. The summed E-state index contributed by atoms with van der Waals surface area (Å²) in [6.07, 6.45) is 3.00. The topological polar surface area (TPSA) is 88.2 Å². The summed E-state index contributed by atoms with van der Waals surface area (Å²) in [5.41, 5.74) is 4.90. The van der Waals surface area contributed by atoms with Gasteiger partial charge in [-0.25, -0.2) is 0 Å². The maximum atomic E-state index is 12.8. The van der Waals surface area contributed by atoms with Crippen LogP contribution in [0.1, 0.15) is 46.5 Å². The van der Waals surface area contributed by atoms with Crippen LogP contribution in [0.15, 0.2) is 5.16 Å². The average Bonchev–Trinajstić information content (AvgIpc) is 2.49. The van der Waals surface area contributed by atoms with E-state index in [1.54, 1.807) is 0 Å². The van der Waals surface area contributed by atoms with Crippen LogP contribution in [-0.2, 0) is 9.53 Å². The first-order valence-electron chi connectivity index (χ1n) is 7.44. The lowest BCUT2D eigenvalue weighted by molar-refractivity contribution is -0.141. The number of carbonyl (C=O) groups excluding carboxylic acids is 1. The Morgan fingerprint density at radius 2 is 1.90 bits per heavy atom. The molecule has 0 bridgehead atoms. The van der Waals surface area contributed by atoms with Gasteiger partial charge in [0.25, 0.3) is 0 Å². The molecule has 1 saturated heterocycles. The molecule has 6 heteroatoms. The number of amides is 1. The van der Waals surface area contributed by atoms with Crippen molar-refractivity contribution in [3.05, 3.63) is 0 Å². The zero-order valence-electron chi connectivity index (χ0n) is 12.8. The summed E-state index contributed by atoms with van der Waals surface area (Å²) in [4.78, 5) is 14.6. The zero-order chi connectivity index (χ0) is 15.2. The van der Waals surface area contributed by atoms with E-state index in [1.807, 2.05) is 25.7 Å². The molecule has 0 atom stereocenters. The van der Waals surface area contributed by atoms with Crippen LogP contribution in [-0.4, -0.2) is 47.7 Å². The molecule has 1 rings (SSSR count). The Bertz CT molecular complexity index is 346. The van der Waals surface area contributed by atoms with E-state index in [1.165, 1.54) is 0 Å². The van der Waals surface area contributed by atoms with Gasteiger partial charge in [0, 0.05) is 19.7 Å². The summed E-state index contributed by atoms with van der Waals surface area (Å²) in [5.74, 6) is -0.0211. The molecular weight excluding hydrogens is 258 g/mol. The highest BCUT2D eigenvalue weighted by atomic mass is 16.5. The molecule has 0 radical (unpaired) electrons. The summed E-state index contributed by atoms with van der Waals surface area (Å²) in [7, 11) is 0. The van der Waals surface area contributed by atoms with Gasteiger partial charge in [0.2, 0.25) is 5.91 Å². The third-order valence-corrected chi connectivity index (χ3v) is 4.35. The van der Waals surface area contributed by atoms with Crippen LogP contribution in [0.4, 0.5) is 0 Å². The molecule has 0 saturated carbocycles. The molecule has 0 spiro atoms. The quantitative estimate of drug-likeness (QED) is 0.335. The third-order valence-electron chi connectivity index (χ3n) is 4.35. The number of carbonyl (C=O) groups is 1. The highest BCUT2D eigenvalue weighted by Gasteiger charge is 2.43. The molecule has 0 aromatic rings. The number of nitrogens with zero attached hydrogens (tertiary/aromatic N) is 2. The molecule has 1 amide bonds. The standard InChI is InChI=1S/C14H27N3O3/c1-4-14(5-2,12(15)16-19)13(18)17-9-7-11(8-10-17)20-6-3/h11,19H,4-10H2,1-3H3,(H2,15,16). The Balaban J connectivity index is 2.78. The van der Waals surface area contributed by atoms with Crippen LogP contribution in [0, 0.1) is 5.41 Å². The molecule has 116 valence electrons. The number of piperidine rings is 1. The fraction of sp³-hybridized carbons (Fsp3) is 0.857. The monoisotopic (exact) mass is 285 g/mol. The molecule has 1 fully saturated rings. The van der Waals surface area contributed by atoms with E-state index in [-0.39, 0.29) is 17.8 Å². The fourth-order valence-corrected chi connectivity index (χ4v) is 2.88. The first-order valence-corrected chi connectivity index (χ1v) is 7.44. The first kappa shape index (κ1) is 16.8. The van der Waals surface area contributed by atoms with Gasteiger partial charge in [0.15, 0.2) is 5.84 Å². The van der Waals surface area contributed by atoms with Gasteiger partial charge in [-0.05, 0) is 32.6 Å². The fourth-order valence-electron chi connectivity index (χ4n) is 2.88. The van der Waals surface area contributed by atoms with Crippen molar-refractivity contribution in [3.63, 3.8) is 0 Å². The van der Waals surface area contributed by atoms with Gasteiger partial charge < -0.3 is 20.6 Å². The van der Waals surface area contributed by atoms with Crippen LogP contribution < -0.4 is 5.73 Å². The van der Waals surface area contributed by atoms with Crippen molar-refractivity contribution < 1.29 is 14.7 Å². The van der Waals surface area contributed by atoms with Gasteiger partial charge in [-0.1, -0.05) is 19.0 Å². The van der Waals surface area contributed by atoms with Gasteiger partial charge >= 0.3 is 0 Å². The average molecular weight is 285 g/mol. The van der Waals surface area contributed by atoms with E-state index in [9.17, 15) is 4.79 Å². The molecule has 3 N–H and O–H groups in total. The number of oxime groups is 1. The number of hydrogen-bond donors (Lipinski definition) is 2. The molecular formula is C14H27N3O3. The summed E-state index contributed by atoms with van der Waals surface area (Å²) < 4.78 is 5.59. The van der Waals surface area contributed by atoms with Crippen molar-refractivity contribution in [2.24, 2.45) is 16.3 Å². The van der Waals surface area contributed by atoms with Gasteiger partial charge in [-0.2, -0.15) is 0 Å². The van der Waals surface area contributed by atoms with Crippen LogP contribution in [0.2, 0.25) is 0 Å². The van der Waals surface area contributed by atoms with E-state index in [4.69, 9.17) is 15.7 Å². The van der Waals surface area contributed by atoms with Crippen molar-refractivity contribution in [2.45, 2.75) is 52.6 Å². The summed E-state index contributed by atoms with van der Waals surface area (Å²) in [5, 5.41) is 12.0. The van der Waals surface area contributed by atoms with Gasteiger partial charge in [-0.15, -0.1) is 0 Å². The minimum atomic E-state index is -0.882. The number of likely N-dealkylation sites (tertiary alicyclic amines) is 1. The van der Waals surface area contributed by atoms with Crippen molar-refractivity contribution in [1.82, 2.24) is 4.90 Å². The second-order valence-corrected chi connectivity index (χ2v) is 5.22. The van der Waals surface area contributed by atoms with E-state index >= 15 is 0 Å².